The zero-order valence-corrected chi connectivity index (χ0v) is 21.3. The number of nitrogens with zero attached hydrogens (tertiary/aromatic N) is 3. The molecule has 0 spiro atoms. The van der Waals surface area contributed by atoms with Crippen LogP contribution < -0.4 is 10.1 Å². The predicted octanol–water partition coefficient (Wildman–Crippen LogP) is 5.03. The summed E-state index contributed by atoms with van der Waals surface area (Å²) < 4.78 is 35.2. The molecule has 0 saturated carbocycles. The molecule has 0 unspecified atom stereocenters. The Morgan fingerprint density at radius 3 is 2.36 bits per heavy atom. The van der Waals surface area contributed by atoms with Crippen LogP contribution in [0.2, 0.25) is 0 Å². The molecule has 36 heavy (non-hydrogen) atoms. The summed E-state index contributed by atoms with van der Waals surface area (Å²) >= 11 is 0. The minimum atomic E-state index is -1.06. The Morgan fingerprint density at radius 1 is 1.17 bits per heavy atom. The molecule has 194 valence electrons. The van der Waals surface area contributed by atoms with Crippen molar-refractivity contribution in [2.45, 2.75) is 59.7 Å². The van der Waals surface area contributed by atoms with Crippen LogP contribution in [0.1, 0.15) is 56.4 Å². The molecular weight excluding hydrogens is 470 g/mol. The molecule has 0 saturated heterocycles. The van der Waals surface area contributed by atoms with Crippen molar-refractivity contribution in [2.24, 2.45) is 5.92 Å². The van der Waals surface area contributed by atoms with E-state index < -0.39 is 35.2 Å². The minimum absolute atomic E-state index is 0.0531. The minimum Gasteiger partial charge on any atom is -0.485 e. The van der Waals surface area contributed by atoms with Gasteiger partial charge in [-0.05, 0) is 57.9 Å². The molecule has 3 rings (SSSR count). The number of amides is 2. The van der Waals surface area contributed by atoms with Crippen molar-refractivity contribution < 1.29 is 28.2 Å². The van der Waals surface area contributed by atoms with Crippen molar-refractivity contribution in [3.8, 4) is 5.75 Å². The fraction of sp³-hybridized carbons (Fsp3) is 0.423. The fourth-order valence-electron chi connectivity index (χ4n) is 4.19. The molecule has 0 radical (unpaired) electrons. The van der Waals surface area contributed by atoms with Gasteiger partial charge in [-0.15, -0.1) is 0 Å². The smallest absolute Gasteiger partial charge is 0.408 e. The number of pyridine rings is 1. The highest BCUT2D eigenvalue weighted by Gasteiger charge is 2.35. The van der Waals surface area contributed by atoms with Crippen LogP contribution in [0.3, 0.4) is 0 Å². The van der Waals surface area contributed by atoms with Gasteiger partial charge in [0.05, 0.1) is 17.3 Å². The maximum atomic E-state index is 14.0. The maximum absolute atomic E-state index is 14.0. The molecule has 2 N–H and O–H groups in total. The third-order valence-electron chi connectivity index (χ3n) is 5.94. The molecule has 0 aliphatic heterocycles. The number of rotatable bonds is 8. The van der Waals surface area contributed by atoms with Gasteiger partial charge in [-0.1, -0.05) is 19.9 Å². The van der Waals surface area contributed by atoms with E-state index in [4.69, 9.17) is 4.74 Å². The average Bonchev–Trinajstić information content (AvgIpc) is 3.11. The maximum Gasteiger partial charge on any atom is 0.408 e. The number of hydrogen-bond donors (Lipinski definition) is 2. The van der Waals surface area contributed by atoms with Gasteiger partial charge in [-0.3, -0.25) is 14.1 Å². The lowest BCUT2D eigenvalue weighted by Gasteiger charge is -2.41. The molecule has 0 aliphatic carbocycles. The second-order valence-corrected chi connectivity index (χ2v) is 9.95. The van der Waals surface area contributed by atoms with Crippen molar-refractivity contribution in [3.05, 3.63) is 65.1 Å². The zero-order valence-electron chi connectivity index (χ0n) is 21.3. The van der Waals surface area contributed by atoms with Crippen molar-refractivity contribution in [1.82, 2.24) is 19.6 Å². The van der Waals surface area contributed by atoms with Crippen LogP contribution in [0.5, 0.6) is 5.75 Å². The predicted molar refractivity (Wildman–Crippen MR) is 131 cm³/mol. The van der Waals surface area contributed by atoms with Crippen LogP contribution in [0, 0.1) is 24.5 Å². The second-order valence-electron chi connectivity index (χ2n) is 9.95. The lowest BCUT2D eigenvalue weighted by molar-refractivity contribution is 0.0521. The first-order valence-corrected chi connectivity index (χ1v) is 11.7. The van der Waals surface area contributed by atoms with Gasteiger partial charge in [0.15, 0.2) is 11.4 Å². The summed E-state index contributed by atoms with van der Waals surface area (Å²) in [6, 6.07) is 6.37. The Hall–Kier alpha value is -3.69. The Kier molecular flexibility index (Phi) is 7.86. The lowest BCUT2D eigenvalue weighted by Crippen LogP contribution is -2.56. The van der Waals surface area contributed by atoms with Crippen LogP contribution in [0.4, 0.5) is 13.6 Å². The summed E-state index contributed by atoms with van der Waals surface area (Å²) in [5, 5.41) is 12.7. The Morgan fingerprint density at radius 2 is 1.81 bits per heavy atom. The molecule has 3 aromatic rings. The largest absolute Gasteiger partial charge is 0.485 e. The molecule has 2 amide bonds. The summed E-state index contributed by atoms with van der Waals surface area (Å²) in [6.07, 6.45) is 0.578. The summed E-state index contributed by atoms with van der Waals surface area (Å²) in [4.78, 5) is 31.0. The molecule has 0 aliphatic rings. The van der Waals surface area contributed by atoms with E-state index in [1.165, 1.54) is 11.0 Å². The van der Waals surface area contributed by atoms with Gasteiger partial charge in [0, 0.05) is 18.3 Å². The molecule has 1 aromatic carbocycles. The summed E-state index contributed by atoms with van der Waals surface area (Å²) in [5.74, 6) is -1.66. The number of halogens is 2. The van der Waals surface area contributed by atoms with Gasteiger partial charge in [-0.2, -0.15) is 0 Å². The van der Waals surface area contributed by atoms with E-state index in [0.717, 1.165) is 12.1 Å². The average molecular weight is 503 g/mol. The monoisotopic (exact) mass is 502 g/mol. The fourth-order valence-corrected chi connectivity index (χ4v) is 4.19. The van der Waals surface area contributed by atoms with Crippen molar-refractivity contribution in [3.63, 3.8) is 0 Å². The Balaban J connectivity index is 1.85. The Bertz CT molecular complexity index is 1250. The summed E-state index contributed by atoms with van der Waals surface area (Å²) in [7, 11) is 0. The van der Waals surface area contributed by atoms with Crippen molar-refractivity contribution >= 4 is 17.6 Å². The summed E-state index contributed by atoms with van der Waals surface area (Å²) in [5.41, 5.74) is 0.135. The summed E-state index contributed by atoms with van der Waals surface area (Å²) in [6.45, 7) is 10.7. The number of carbonyl (C=O) groups excluding carboxylic acids is 1. The first kappa shape index (κ1) is 26.9. The third kappa shape index (κ3) is 5.58. The lowest BCUT2D eigenvalue weighted by atomic mass is 9.96. The number of nitrogens with one attached hydrogen (secondary N) is 1. The van der Waals surface area contributed by atoms with Crippen molar-refractivity contribution in [2.75, 3.05) is 6.54 Å². The SMILES string of the molecule is Cc1nc2c(OCc3c(F)cccc3F)cccn2c1C(=O)NC[C@@H](C(C)C)N(C(=O)O)C(C)(C)C. The van der Waals surface area contributed by atoms with Crippen LogP contribution in [-0.4, -0.2) is 49.5 Å². The van der Waals surface area contributed by atoms with Crippen LogP contribution in [0.25, 0.3) is 5.65 Å². The number of carboxylic acid groups (broad SMARTS) is 1. The van der Waals surface area contributed by atoms with E-state index in [-0.39, 0.29) is 36.1 Å². The second kappa shape index (κ2) is 10.5. The topological polar surface area (TPSA) is 96.2 Å². The first-order chi connectivity index (χ1) is 16.8. The molecule has 0 fully saturated rings. The zero-order chi connectivity index (χ0) is 26.8. The number of aryl methyl sites for hydroxylation is 1. The number of benzene rings is 1. The first-order valence-electron chi connectivity index (χ1n) is 11.7. The highest BCUT2D eigenvalue weighted by atomic mass is 19.1. The molecule has 1 atom stereocenters. The van der Waals surface area contributed by atoms with E-state index in [1.807, 2.05) is 34.6 Å². The van der Waals surface area contributed by atoms with E-state index in [9.17, 15) is 23.5 Å². The number of imidazole rings is 1. The van der Waals surface area contributed by atoms with E-state index in [2.05, 4.69) is 10.3 Å². The van der Waals surface area contributed by atoms with Gasteiger partial charge in [0.2, 0.25) is 0 Å². The van der Waals surface area contributed by atoms with Gasteiger partial charge < -0.3 is 15.2 Å². The van der Waals surface area contributed by atoms with Gasteiger partial charge >= 0.3 is 6.09 Å². The van der Waals surface area contributed by atoms with Gasteiger partial charge in [0.1, 0.15) is 23.9 Å². The van der Waals surface area contributed by atoms with Crippen molar-refractivity contribution in [1.29, 1.82) is 0 Å². The number of aromatic nitrogens is 2. The van der Waals surface area contributed by atoms with Crippen LogP contribution in [0.15, 0.2) is 36.5 Å². The number of hydrogen-bond acceptors (Lipinski definition) is 4. The van der Waals surface area contributed by atoms with Gasteiger partial charge in [0.25, 0.3) is 5.91 Å². The van der Waals surface area contributed by atoms with E-state index >= 15 is 0 Å². The van der Waals surface area contributed by atoms with E-state index in [0.29, 0.717) is 11.3 Å². The molecular formula is C26H32F2N4O4. The number of fused-ring (bicyclic) bond motifs is 1. The van der Waals surface area contributed by atoms with Gasteiger partial charge in [-0.25, -0.2) is 18.6 Å². The van der Waals surface area contributed by atoms with Crippen LogP contribution >= 0.6 is 0 Å². The highest BCUT2D eigenvalue weighted by molar-refractivity contribution is 5.95. The highest BCUT2D eigenvalue weighted by Crippen LogP contribution is 2.25. The number of carbonyl (C=O) groups is 2. The van der Waals surface area contributed by atoms with E-state index in [1.54, 1.807) is 29.7 Å². The third-order valence-corrected chi connectivity index (χ3v) is 5.94. The molecule has 2 aromatic heterocycles. The molecule has 10 heteroatoms. The quantitative estimate of drug-likeness (QED) is 0.450. The van der Waals surface area contributed by atoms with Crippen LogP contribution in [-0.2, 0) is 6.61 Å². The number of ether oxygens (including phenoxy) is 1. The Labute approximate surface area is 208 Å². The normalized spacial score (nSPS) is 12.6. The molecule has 2 heterocycles. The molecule has 0 bridgehead atoms. The molecule has 8 nitrogen and oxygen atoms in total. The standard InChI is InChI=1S/C26H32F2N4O4/c1-15(2)20(32(25(34)35)26(4,5)6)13-29-24(33)22-16(3)30-23-21(11-8-12-31(22)23)36-14-17-18(27)9-7-10-19(17)28/h7-12,15,20H,13-14H2,1-6H3,(H,29,33)(H,34,35)/t20-/m0/s1.